The van der Waals surface area contributed by atoms with Gasteiger partial charge in [-0.05, 0) is 6.92 Å². The predicted molar refractivity (Wildman–Crippen MR) is 43.5 cm³/mol. The van der Waals surface area contributed by atoms with Crippen molar-refractivity contribution in [2.24, 2.45) is 7.05 Å². The predicted octanol–water partition coefficient (Wildman–Crippen LogP) is -0.543. The fourth-order valence-corrected chi connectivity index (χ4v) is 0.737. The molecule has 1 rings (SSSR count). The van der Waals surface area contributed by atoms with E-state index in [-0.39, 0.29) is 5.82 Å². The molecular formula is C7H9N5O. The van der Waals surface area contributed by atoms with E-state index in [0.29, 0.717) is 0 Å². The van der Waals surface area contributed by atoms with Crippen LogP contribution >= 0.6 is 0 Å². The Hall–Kier alpha value is -1.90. The van der Waals surface area contributed by atoms with Gasteiger partial charge in [-0.25, -0.2) is 4.98 Å². The molecular weight excluding hydrogens is 170 g/mol. The Morgan fingerprint density at radius 3 is 3.00 bits per heavy atom. The van der Waals surface area contributed by atoms with E-state index in [9.17, 15) is 4.79 Å². The van der Waals surface area contributed by atoms with Crippen LogP contribution in [-0.2, 0) is 7.05 Å². The number of nitriles is 1. The van der Waals surface area contributed by atoms with Gasteiger partial charge >= 0.3 is 0 Å². The minimum atomic E-state index is -0.531. The summed E-state index contributed by atoms with van der Waals surface area (Å²) in [7, 11) is 1.66. The summed E-state index contributed by atoms with van der Waals surface area (Å²) in [5, 5.41) is 14.6. The first-order valence-corrected chi connectivity index (χ1v) is 3.69. The number of aryl methyl sites for hydroxylation is 1. The number of rotatable bonds is 2. The molecule has 1 atom stereocenters. The third kappa shape index (κ3) is 2.27. The van der Waals surface area contributed by atoms with Gasteiger partial charge in [0.1, 0.15) is 12.4 Å². The lowest BCUT2D eigenvalue weighted by Crippen LogP contribution is -2.32. The summed E-state index contributed by atoms with van der Waals surface area (Å²) >= 11 is 0. The molecule has 6 nitrogen and oxygen atoms in total. The second-order valence-corrected chi connectivity index (χ2v) is 2.57. The highest BCUT2D eigenvalue weighted by atomic mass is 16.2. The highest BCUT2D eigenvalue weighted by molar-refractivity contribution is 5.90. The van der Waals surface area contributed by atoms with E-state index in [1.165, 1.54) is 11.0 Å². The van der Waals surface area contributed by atoms with E-state index < -0.39 is 11.9 Å². The van der Waals surface area contributed by atoms with Gasteiger partial charge in [-0.15, -0.1) is 5.10 Å². The average Bonchev–Trinajstić information content (AvgIpc) is 2.51. The van der Waals surface area contributed by atoms with E-state index >= 15 is 0 Å². The number of carbonyl (C=O) groups is 1. The maximum Gasteiger partial charge on any atom is 0.291 e. The van der Waals surface area contributed by atoms with Gasteiger partial charge in [-0.2, -0.15) is 5.26 Å². The lowest BCUT2D eigenvalue weighted by atomic mass is 10.4. The normalized spacial score (nSPS) is 11.8. The number of nitrogens with one attached hydrogen (secondary N) is 1. The minimum absolute atomic E-state index is 0.0737. The number of hydrogen-bond donors (Lipinski definition) is 1. The summed E-state index contributed by atoms with van der Waals surface area (Å²) in [6.07, 6.45) is 1.42. The second kappa shape index (κ2) is 3.67. The van der Waals surface area contributed by atoms with Crippen LogP contribution in [0.4, 0.5) is 0 Å². The number of carbonyl (C=O) groups excluding carboxylic acids is 1. The van der Waals surface area contributed by atoms with Crippen LogP contribution in [0.5, 0.6) is 0 Å². The van der Waals surface area contributed by atoms with Gasteiger partial charge in [0.05, 0.1) is 6.07 Å². The average molecular weight is 179 g/mol. The molecule has 1 amide bonds. The maximum atomic E-state index is 11.2. The molecule has 0 aliphatic carbocycles. The zero-order chi connectivity index (χ0) is 9.84. The van der Waals surface area contributed by atoms with Crippen LogP contribution in [0.3, 0.4) is 0 Å². The molecule has 68 valence electrons. The van der Waals surface area contributed by atoms with Crippen molar-refractivity contribution in [2.75, 3.05) is 0 Å². The lowest BCUT2D eigenvalue weighted by Gasteiger charge is -2.01. The van der Waals surface area contributed by atoms with E-state index in [2.05, 4.69) is 15.4 Å². The van der Waals surface area contributed by atoms with Crippen LogP contribution in [-0.4, -0.2) is 26.7 Å². The Morgan fingerprint density at radius 1 is 1.85 bits per heavy atom. The minimum Gasteiger partial charge on any atom is -0.334 e. The molecule has 0 aromatic carbocycles. The third-order valence-corrected chi connectivity index (χ3v) is 1.34. The number of aromatic nitrogens is 3. The zero-order valence-electron chi connectivity index (χ0n) is 7.35. The summed E-state index contributed by atoms with van der Waals surface area (Å²) in [4.78, 5) is 15.0. The van der Waals surface area contributed by atoms with Crippen molar-refractivity contribution in [3.8, 4) is 6.07 Å². The number of hydrogen-bond acceptors (Lipinski definition) is 4. The standard InChI is InChI=1S/C7H9N5O/c1-5(3-8)10-7(13)6-9-4-12(2)11-6/h4-5H,1-2H3,(H,10,13). The Labute approximate surface area is 75.2 Å². The maximum absolute atomic E-state index is 11.2. The molecule has 0 radical (unpaired) electrons. The molecule has 1 aromatic heterocycles. The van der Waals surface area contributed by atoms with Gasteiger partial charge in [0.25, 0.3) is 5.91 Å². The Kier molecular flexibility index (Phi) is 2.59. The molecule has 0 saturated heterocycles. The summed E-state index contributed by atoms with van der Waals surface area (Å²) in [6, 6.07) is 1.35. The van der Waals surface area contributed by atoms with Crippen molar-refractivity contribution >= 4 is 5.91 Å². The Bertz CT molecular complexity index is 350. The number of amides is 1. The van der Waals surface area contributed by atoms with Crippen LogP contribution in [0.2, 0.25) is 0 Å². The summed E-state index contributed by atoms with van der Waals surface area (Å²) in [5.74, 6) is -0.362. The number of nitrogens with zero attached hydrogens (tertiary/aromatic N) is 4. The SMILES string of the molecule is CC(C#N)NC(=O)c1ncn(C)n1. The van der Waals surface area contributed by atoms with Gasteiger partial charge in [0.15, 0.2) is 0 Å². The van der Waals surface area contributed by atoms with Crippen LogP contribution in [0.15, 0.2) is 6.33 Å². The molecule has 6 heteroatoms. The summed E-state index contributed by atoms with van der Waals surface area (Å²) < 4.78 is 1.42. The Morgan fingerprint density at radius 2 is 2.54 bits per heavy atom. The zero-order valence-corrected chi connectivity index (χ0v) is 7.35. The first kappa shape index (κ1) is 9.19. The van der Waals surface area contributed by atoms with E-state index in [1.54, 1.807) is 14.0 Å². The highest BCUT2D eigenvalue weighted by Gasteiger charge is 2.12. The topological polar surface area (TPSA) is 83.6 Å². The van der Waals surface area contributed by atoms with Gasteiger partial charge in [0, 0.05) is 7.05 Å². The van der Waals surface area contributed by atoms with Crippen LogP contribution < -0.4 is 5.32 Å². The molecule has 1 heterocycles. The third-order valence-electron chi connectivity index (χ3n) is 1.34. The summed E-state index contributed by atoms with van der Waals surface area (Å²) in [6.45, 7) is 1.58. The first-order valence-electron chi connectivity index (χ1n) is 3.69. The van der Waals surface area contributed by atoms with Crippen molar-refractivity contribution < 1.29 is 4.79 Å². The molecule has 0 fully saturated rings. The summed E-state index contributed by atoms with van der Waals surface area (Å²) in [5.41, 5.74) is 0. The molecule has 0 aliphatic rings. The van der Waals surface area contributed by atoms with Crippen molar-refractivity contribution in [3.05, 3.63) is 12.2 Å². The molecule has 0 bridgehead atoms. The first-order chi connectivity index (χ1) is 6.13. The smallest absolute Gasteiger partial charge is 0.291 e. The Balaban J connectivity index is 2.65. The molecule has 13 heavy (non-hydrogen) atoms. The fraction of sp³-hybridized carbons (Fsp3) is 0.429. The second-order valence-electron chi connectivity index (χ2n) is 2.57. The van der Waals surface area contributed by atoms with Crippen LogP contribution in [0.1, 0.15) is 17.5 Å². The van der Waals surface area contributed by atoms with Crippen molar-refractivity contribution in [1.29, 1.82) is 5.26 Å². The fourth-order valence-electron chi connectivity index (χ4n) is 0.737. The van der Waals surface area contributed by atoms with Crippen LogP contribution in [0, 0.1) is 11.3 Å². The molecule has 1 aromatic rings. The largest absolute Gasteiger partial charge is 0.334 e. The van der Waals surface area contributed by atoms with Crippen molar-refractivity contribution in [1.82, 2.24) is 20.1 Å². The van der Waals surface area contributed by atoms with Crippen molar-refractivity contribution in [3.63, 3.8) is 0 Å². The highest BCUT2D eigenvalue weighted by Crippen LogP contribution is 1.89. The van der Waals surface area contributed by atoms with E-state index in [1.807, 2.05) is 6.07 Å². The molecule has 1 N–H and O–H groups in total. The van der Waals surface area contributed by atoms with Crippen molar-refractivity contribution in [2.45, 2.75) is 13.0 Å². The molecule has 1 unspecified atom stereocenters. The van der Waals surface area contributed by atoms with Gasteiger partial charge < -0.3 is 5.32 Å². The van der Waals surface area contributed by atoms with Gasteiger partial charge in [-0.1, -0.05) is 0 Å². The lowest BCUT2D eigenvalue weighted by molar-refractivity contribution is 0.0937. The van der Waals surface area contributed by atoms with E-state index in [4.69, 9.17) is 5.26 Å². The van der Waals surface area contributed by atoms with Gasteiger partial charge in [-0.3, -0.25) is 9.48 Å². The monoisotopic (exact) mass is 179 g/mol. The van der Waals surface area contributed by atoms with Gasteiger partial charge in [0.2, 0.25) is 5.82 Å². The molecule has 0 saturated carbocycles. The molecule has 0 spiro atoms. The van der Waals surface area contributed by atoms with Crippen LogP contribution in [0.25, 0.3) is 0 Å². The quantitative estimate of drug-likeness (QED) is 0.660. The molecule has 0 aliphatic heterocycles. The van der Waals surface area contributed by atoms with E-state index in [0.717, 1.165) is 0 Å².